The van der Waals surface area contributed by atoms with Crippen molar-refractivity contribution in [2.45, 2.75) is 19.9 Å². The van der Waals surface area contributed by atoms with Crippen molar-refractivity contribution < 1.29 is 0 Å². The number of thiazole rings is 1. The van der Waals surface area contributed by atoms with Gasteiger partial charge in [0.15, 0.2) is 0 Å². The molecule has 0 saturated carbocycles. The van der Waals surface area contributed by atoms with E-state index >= 15 is 0 Å². The molecule has 3 aromatic rings. The van der Waals surface area contributed by atoms with Crippen LogP contribution in [0.25, 0.3) is 5.69 Å². The van der Waals surface area contributed by atoms with Gasteiger partial charge in [0.2, 0.25) is 5.95 Å². The Kier molecular flexibility index (Phi) is 3.52. The van der Waals surface area contributed by atoms with Crippen LogP contribution in [0.5, 0.6) is 0 Å². The minimum atomic E-state index is 0.138. The van der Waals surface area contributed by atoms with E-state index in [9.17, 15) is 0 Å². The largest absolute Gasteiger partial charge is 0.346 e. The van der Waals surface area contributed by atoms with Gasteiger partial charge in [-0.1, -0.05) is 18.2 Å². The van der Waals surface area contributed by atoms with Crippen molar-refractivity contribution in [1.29, 1.82) is 0 Å². The fraction of sp³-hybridized carbons (Fsp3) is 0.200. The number of anilines is 1. The van der Waals surface area contributed by atoms with Crippen molar-refractivity contribution in [2.75, 3.05) is 5.32 Å². The molecule has 0 bridgehead atoms. The molecule has 0 saturated heterocycles. The summed E-state index contributed by atoms with van der Waals surface area (Å²) in [6.45, 7) is 4.11. The number of imidazole rings is 1. The van der Waals surface area contributed by atoms with Gasteiger partial charge in [-0.2, -0.15) is 0 Å². The van der Waals surface area contributed by atoms with Crippen LogP contribution in [-0.2, 0) is 0 Å². The van der Waals surface area contributed by atoms with Crippen LogP contribution >= 0.6 is 11.3 Å². The zero-order valence-corrected chi connectivity index (χ0v) is 12.3. The lowest BCUT2D eigenvalue weighted by atomic mass is 10.3. The van der Waals surface area contributed by atoms with Crippen LogP contribution in [0.1, 0.15) is 23.7 Å². The highest BCUT2D eigenvalue weighted by Gasteiger charge is 2.12. The first-order valence-electron chi connectivity index (χ1n) is 6.51. The van der Waals surface area contributed by atoms with Crippen LogP contribution in [0.3, 0.4) is 0 Å². The number of aryl methyl sites for hydroxylation is 1. The van der Waals surface area contributed by atoms with E-state index < -0.39 is 0 Å². The smallest absolute Gasteiger partial charge is 0.208 e. The Bertz CT molecular complexity index is 687. The Morgan fingerprint density at radius 1 is 1.25 bits per heavy atom. The highest BCUT2D eigenvalue weighted by atomic mass is 32.1. The monoisotopic (exact) mass is 284 g/mol. The Balaban J connectivity index is 1.84. The minimum Gasteiger partial charge on any atom is -0.346 e. The molecule has 0 fully saturated rings. The van der Waals surface area contributed by atoms with Crippen LogP contribution in [0.15, 0.2) is 48.1 Å². The molecule has 102 valence electrons. The molecule has 0 aliphatic heterocycles. The van der Waals surface area contributed by atoms with Gasteiger partial charge >= 0.3 is 0 Å². The molecule has 20 heavy (non-hydrogen) atoms. The summed E-state index contributed by atoms with van der Waals surface area (Å²) < 4.78 is 2.04. The van der Waals surface area contributed by atoms with Crippen molar-refractivity contribution in [3.63, 3.8) is 0 Å². The van der Waals surface area contributed by atoms with Crippen LogP contribution in [0.4, 0.5) is 5.95 Å². The first kappa shape index (κ1) is 12.9. The number of nitrogens with zero attached hydrogens (tertiary/aromatic N) is 3. The van der Waals surface area contributed by atoms with Crippen LogP contribution in [-0.4, -0.2) is 14.5 Å². The van der Waals surface area contributed by atoms with Crippen LogP contribution in [0.2, 0.25) is 0 Å². The normalized spacial score (nSPS) is 12.3. The van der Waals surface area contributed by atoms with E-state index in [2.05, 4.69) is 39.7 Å². The number of aromatic nitrogens is 3. The maximum atomic E-state index is 4.51. The van der Waals surface area contributed by atoms with Crippen molar-refractivity contribution in [3.05, 3.63) is 58.8 Å². The van der Waals surface area contributed by atoms with Crippen molar-refractivity contribution >= 4 is 17.3 Å². The van der Waals surface area contributed by atoms with E-state index in [1.54, 1.807) is 17.5 Å². The zero-order valence-electron chi connectivity index (χ0n) is 11.4. The van der Waals surface area contributed by atoms with Gasteiger partial charge in [-0.05, 0) is 26.0 Å². The second-order valence-electron chi connectivity index (χ2n) is 4.65. The summed E-state index contributed by atoms with van der Waals surface area (Å²) in [5.74, 6) is 0.830. The highest BCUT2D eigenvalue weighted by Crippen LogP contribution is 2.23. The fourth-order valence-electron chi connectivity index (χ4n) is 2.03. The molecule has 3 rings (SSSR count). The highest BCUT2D eigenvalue weighted by molar-refractivity contribution is 7.09. The summed E-state index contributed by atoms with van der Waals surface area (Å²) in [7, 11) is 0. The average molecular weight is 284 g/mol. The van der Waals surface area contributed by atoms with Crippen LogP contribution in [0, 0.1) is 6.92 Å². The summed E-state index contributed by atoms with van der Waals surface area (Å²) in [6, 6.07) is 10.3. The van der Waals surface area contributed by atoms with Gasteiger partial charge in [-0.3, -0.25) is 4.57 Å². The van der Waals surface area contributed by atoms with Gasteiger partial charge in [0.05, 0.1) is 6.04 Å². The Hall–Kier alpha value is -2.14. The van der Waals surface area contributed by atoms with Crippen molar-refractivity contribution in [3.8, 4) is 5.69 Å². The molecule has 2 aromatic heterocycles. The van der Waals surface area contributed by atoms with Crippen LogP contribution < -0.4 is 5.32 Å². The van der Waals surface area contributed by atoms with Crippen molar-refractivity contribution in [2.24, 2.45) is 0 Å². The molecule has 1 atom stereocenters. The molecule has 0 amide bonds. The third kappa shape index (κ3) is 2.58. The molecule has 1 N–H and O–H groups in total. The maximum Gasteiger partial charge on any atom is 0.208 e. The topological polar surface area (TPSA) is 42.7 Å². The molecular weight excluding hydrogens is 268 g/mol. The van der Waals surface area contributed by atoms with Gasteiger partial charge in [-0.25, -0.2) is 9.97 Å². The quantitative estimate of drug-likeness (QED) is 0.792. The Labute approximate surface area is 122 Å². The van der Waals surface area contributed by atoms with E-state index in [1.807, 2.05) is 35.9 Å². The fourth-order valence-corrected chi connectivity index (χ4v) is 2.84. The molecule has 5 heteroatoms. The van der Waals surface area contributed by atoms with E-state index in [0.29, 0.717) is 0 Å². The molecule has 1 unspecified atom stereocenters. The van der Waals surface area contributed by atoms with Gasteiger partial charge in [-0.15, -0.1) is 11.3 Å². The Morgan fingerprint density at radius 2 is 2.05 bits per heavy atom. The van der Waals surface area contributed by atoms with Gasteiger partial charge < -0.3 is 5.32 Å². The summed E-state index contributed by atoms with van der Waals surface area (Å²) in [5.41, 5.74) is 2.15. The predicted molar refractivity (Wildman–Crippen MR) is 82.5 cm³/mol. The number of hydrogen-bond donors (Lipinski definition) is 1. The average Bonchev–Trinajstić information content (AvgIpc) is 3.09. The second kappa shape index (κ2) is 5.46. The summed E-state index contributed by atoms with van der Waals surface area (Å²) in [5, 5.41) is 6.56. The number of benzene rings is 1. The molecule has 0 radical (unpaired) electrons. The van der Waals surface area contributed by atoms with E-state index in [0.717, 1.165) is 22.3 Å². The third-order valence-corrected chi connectivity index (χ3v) is 4.17. The number of para-hydroxylation sites is 1. The second-order valence-corrected chi connectivity index (χ2v) is 5.54. The Morgan fingerprint density at radius 3 is 2.75 bits per heavy atom. The summed E-state index contributed by atoms with van der Waals surface area (Å²) in [4.78, 5) is 8.91. The lowest BCUT2D eigenvalue weighted by Gasteiger charge is -2.14. The molecule has 0 aliphatic carbocycles. The molecule has 0 aliphatic rings. The van der Waals surface area contributed by atoms with Gasteiger partial charge in [0.25, 0.3) is 0 Å². The molecule has 0 spiro atoms. The lowest BCUT2D eigenvalue weighted by molar-refractivity contribution is 0.836. The van der Waals surface area contributed by atoms with E-state index in [4.69, 9.17) is 0 Å². The first-order chi connectivity index (χ1) is 9.74. The number of nitrogens with one attached hydrogen (secondary N) is 1. The van der Waals surface area contributed by atoms with Gasteiger partial charge in [0.1, 0.15) is 5.01 Å². The molecule has 4 nitrogen and oxygen atoms in total. The van der Waals surface area contributed by atoms with Crippen molar-refractivity contribution in [1.82, 2.24) is 14.5 Å². The molecule has 2 heterocycles. The van der Waals surface area contributed by atoms with E-state index in [1.165, 1.54) is 0 Å². The summed E-state index contributed by atoms with van der Waals surface area (Å²) in [6.07, 6.45) is 3.76. The third-order valence-electron chi connectivity index (χ3n) is 3.03. The first-order valence-corrected chi connectivity index (χ1v) is 7.39. The maximum absolute atomic E-state index is 4.51. The SMILES string of the molecule is Cc1csc(C(C)Nc2nccn2-c2ccccc2)n1. The number of rotatable bonds is 4. The van der Waals surface area contributed by atoms with E-state index in [-0.39, 0.29) is 6.04 Å². The van der Waals surface area contributed by atoms with Gasteiger partial charge in [0, 0.05) is 29.2 Å². The molecular formula is C15H16N4S. The minimum absolute atomic E-state index is 0.138. The number of hydrogen-bond acceptors (Lipinski definition) is 4. The lowest BCUT2D eigenvalue weighted by Crippen LogP contribution is -2.10. The standard InChI is InChI=1S/C15H16N4S/c1-11-10-20-14(17-11)12(2)18-15-16-8-9-19(15)13-6-4-3-5-7-13/h3-10,12H,1-2H3,(H,16,18). The predicted octanol–water partition coefficient (Wildman–Crippen LogP) is 3.81. The summed E-state index contributed by atoms with van der Waals surface area (Å²) >= 11 is 1.67. The zero-order chi connectivity index (χ0) is 13.9. The molecule has 1 aromatic carbocycles.